The van der Waals surface area contributed by atoms with Gasteiger partial charge >= 0.3 is 24.5 Å². The summed E-state index contributed by atoms with van der Waals surface area (Å²) in [6.45, 7) is 0. The lowest BCUT2D eigenvalue weighted by Gasteiger charge is -2.12. The average molecular weight is 277 g/mol. The Hall–Kier alpha value is -2.25. The predicted octanol–water partition coefficient (Wildman–Crippen LogP) is 1.52. The fraction of sp³-hybridized carbons (Fsp3) is 0.286. The van der Waals surface area contributed by atoms with Crippen LogP contribution in [-0.2, 0) is 14.3 Å². The monoisotopic (exact) mass is 277 g/mol. The van der Waals surface area contributed by atoms with Crippen molar-refractivity contribution in [2.75, 3.05) is 0 Å². The first kappa shape index (κ1) is 15.8. The molecule has 11 heteroatoms. The van der Waals surface area contributed by atoms with Gasteiger partial charge in [0.25, 0.3) is 0 Å². The molecule has 1 N–H and O–H groups in total. The summed E-state index contributed by atoms with van der Waals surface area (Å²) in [4.78, 5) is 20.8. The van der Waals surface area contributed by atoms with E-state index in [2.05, 4.69) is 4.74 Å². The number of alkyl halides is 6. The van der Waals surface area contributed by atoms with E-state index in [1.807, 2.05) is 0 Å². The van der Waals surface area contributed by atoms with E-state index in [1.54, 1.807) is 0 Å². The van der Waals surface area contributed by atoms with Gasteiger partial charge in [0, 0.05) is 0 Å². The fourth-order valence-electron chi connectivity index (χ4n) is 0.726. The van der Waals surface area contributed by atoms with E-state index in [9.17, 15) is 35.9 Å². The molecule has 0 aromatic heterocycles. The van der Waals surface area contributed by atoms with E-state index in [1.165, 1.54) is 0 Å². The SMILES string of the molecule is N#CC(C(=O)O)=C(C(=O)OC(F)(F)F)C(F)(F)F. The van der Waals surface area contributed by atoms with Crippen LogP contribution in [0.25, 0.3) is 0 Å². The quantitative estimate of drug-likeness (QED) is 0.358. The number of carbonyl (C=O) groups is 2. The molecule has 0 aliphatic rings. The van der Waals surface area contributed by atoms with Crippen LogP contribution in [0.4, 0.5) is 26.3 Å². The second-order valence-corrected chi connectivity index (χ2v) is 2.50. The number of carboxylic acids is 1. The minimum Gasteiger partial charge on any atom is -0.477 e. The highest BCUT2D eigenvalue weighted by Gasteiger charge is 2.48. The lowest BCUT2D eigenvalue weighted by Crippen LogP contribution is -2.30. The molecule has 0 aromatic carbocycles. The standard InChI is InChI=1S/C7HF6NO4/c8-6(9,10)3(2(1-14)4(15)16)5(17)18-7(11,12)13/h(H,15,16). The molecule has 0 amide bonds. The lowest BCUT2D eigenvalue weighted by molar-refractivity contribution is -0.305. The first-order valence-electron chi connectivity index (χ1n) is 3.65. The maximum Gasteiger partial charge on any atom is 0.575 e. The molecule has 0 rings (SSSR count). The molecule has 0 bridgehead atoms. The molecular formula is C7HF6NO4. The van der Waals surface area contributed by atoms with Crippen molar-refractivity contribution in [3.63, 3.8) is 0 Å². The highest BCUT2D eigenvalue weighted by atomic mass is 19.4. The maximum absolute atomic E-state index is 12.2. The number of nitrogens with zero attached hydrogens (tertiary/aromatic N) is 1. The summed E-state index contributed by atoms with van der Waals surface area (Å²) >= 11 is 0. The molecular weight excluding hydrogens is 276 g/mol. The van der Waals surface area contributed by atoms with E-state index in [0.29, 0.717) is 6.07 Å². The lowest BCUT2D eigenvalue weighted by atomic mass is 10.1. The van der Waals surface area contributed by atoms with Crippen molar-refractivity contribution in [2.45, 2.75) is 12.5 Å². The molecule has 100 valence electrons. The van der Waals surface area contributed by atoms with Gasteiger partial charge in [0.05, 0.1) is 0 Å². The van der Waals surface area contributed by atoms with Crippen molar-refractivity contribution < 1.29 is 45.8 Å². The second kappa shape index (κ2) is 4.94. The van der Waals surface area contributed by atoms with Crippen LogP contribution in [0.5, 0.6) is 0 Å². The summed E-state index contributed by atoms with van der Waals surface area (Å²) in [6.07, 6.45) is -11.5. The number of hydrogen-bond acceptors (Lipinski definition) is 4. The third-order valence-corrected chi connectivity index (χ3v) is 1.27. The Balaban J connectivity index is 5.77. The molecule has 0 saturated carbocycles. The molecule has 18 heavy (non-hydrogen) atoms. The minimum atomic E-state index is -5.79. The second-order valence-electron chi connectivity index (χ2n) is 2.50. The van der Waals surface area contributed by atoms with Crippen molar-refractivity contribution in [2.24, 2.45) is 0 Å². The molecule has 0 aliphatic heterocycles. The van der Waals surface area contributed by atoms with Gasteiger partial charge in [-0.25, -0.2) is 9.59 Å². The van der Waals surface area contributed by atoms with E-state index < -0.39 is 35.6 Å². The Morgan fingerprint density at radius 3 is 1.78 bits per heavy atom. The number of ether oxygens (including phenoxy) is 1. The maximum atomic E-state index is 12.2. The zero-order valence-electron chi connectivity index (χ0n) is 7.89. The van der Waals surface area contributed by atoms with Crippen molar-refractivity contribution in [3.8, 4) is 6.07 Å². The van der Waals surface area contributed by atoms with Gasteiger partial charge < -0.3 is 9.84 Å². The smallest absolute Gasteiger partial charge is 0.477 e. The number of carbonyl (C=O) groups excluding carboxylic acids is 1. The summed E-state index contributed by atoms with van der Waals surface area (Å²) < 4.78 is 73.7. The van der Waals surface area contributed by atoms with Gasteiger partial charge in [-0.2, -0.15) is 18.4 Å². The van der Waals surface area contributed by atoms with Crippen molar-refractivity contribution in [3.05, 3.63) is 11.1 Å². The van der Waals surface area contributed by atoms with Crippen molar-refractivity contribution >= 4 is 11.9 Å². The number of hydrogen-bond donors (Lipinski definition) is 1. The third-order valence-electron chi connectivity index (χ3n) is 1.27. The van der Waals surface area contributed by atoms with Crippen molar-refractivity contribution in [1.29, 1.82) is 5.26 Å². The largest absolute Gasteiger partial charge is 0.575 e. The Kier molecular flexibility index (Phi) is 4.33. The van der Waals surface area contributed by atoms with Crippen LogP contribution in [0.3, 0.4) is 0 Å². The third kappa shape index (κ3) is 4.32. The van der Waals surface area contributed by atoms with Gasteiger partial charge in [0.1, 0.15) is 6.07 Å². The van der Waals surface area contributed by atoms with Crippen LogP contribution in [-0.4, -0.2) is 29.6 Å². The molecule has 0 aliphatic carbocycles. The average Bonchev–Trinajstić information content (AvgIpc) is 2.07. The van der Waals surface area contributed by atoms with Gasteiger partial charge in [-0.3, -0.25) is 0 Å². The summed E-state index contributed by atoms with van der Waals surface area (Å²) in [5.41, 5.74) is -5.04. The molecule has 0 unspecified atom stereocenters. The first-order chi connectivity index (χ1) is 7.90. The fourth-order valence-corrected chi connectivity index (χ4v) is 0.726. The molecule has 0 saturated heterocycles. The number of esters is 1. The number of aliphatic carboxylic acids is 1. The van der Waals surface area contributed by atoms with E-state index in [4.69, 9.17) is 10.4 Å². The van der Waals surface area contributed by atoms with Crippen LogP contribution >= 0.6 is 0 Å². The van der Waals surface area contributed by atoms with Gasteiger partial charge in [-0.05, 0) is 0 Å². The molecule has 0 heterocycles. The number of halogens is 6. The molecule has 0 radical (unpaired) electrons. The highest BCUT2D eigenvalue weighted by molar-refractivity contribution is 6.03. The van der Waals surface area contributed by atoms with Crippen LogP contribution in [0, 0.1) is 11.3 Å². The minimum absolute atomic E-state index is 0.467. The number of rotatable bonds is 2. The molecule has 0 spiro atoms. The van der Waals surface area contributed by atoms with E-state index >= 15 is 0 Å². The predicted molar refractivity (Wildman–Crippen MR) is 38.5 cm³/mol. The molecule has 5 nitrogen and oxygen atoms in total. The molecule has 0 fully saturated rings. The van der Waals surface area contributed by atoms with Crippen molar-refractivity contribution in [1.82, 2.24) is 0 Å². The van der Waals surface area contributed by atoms with Gasteiger partial charge in [0.2, 0.25) is 0 Å². The van der Waals surface area contributed by atoms with E-state index in [0.717, 1.165) is 0 Å². The van der Waals surface area contributed by atoms with Gasteiger partial charge in [0.15, 0.2) is 11.1 Å². The summed E-state index contributed by atoms with van der Waals surface area (Å²) in [6, 6.07) is 0.467. The van der Waals surface area contributed by atoms with Gasteiger partial charge in [-0.1, -0.05) is 0 Å². The first-order valence-corrected chi connectivity index (χ1v) is 3.65. The number of carboxylic acid groups (broad SMARTS) is 1. The Bertz CT molecular complexity index is 440. The Morgan fingerprint density at radius 1 is 1.11 bits per heavy atom. The summed E-state index contributed by atoms with van der Waals surface area (Å²) in [5.74, 6) is -5.53. The summed E-state index contributed by atoms with van der Waals surface area (Å²) in [5, 5.41) is 16.3. The number of nitriles is 1. The highest BCUT2D eigenvalue weighted by Crippen LogP contribution is 2.31. The molecule has 0 aromatic rings. The van der Waals surface area contributed by atoms with Crippen LogP contribution < -0.4 is 0 Å². The normalized spacial score (nSPS) is 13.4. The van der Waals surface area contributed by atoms with Gasteiger partial charge in [-0.15, -0.1) is 13.2 Å². The van der Waals surface area contributed by atoms with Crippen LogP contribution in [0.2, 0.25) is 0 Å². The zero-order valence-corrected chi connectivity index (χ0v) is 7.89. The molecule has 0 atom stereocenters. The summed E-state index contributed by atoms with van der Waals surface area (Å²) in [7, 11) is 0. The van der Waals surface area contributed by atoms with E-state index in [-0.39, 0.29) is 0 Å². The Labute approximate surface area is 93.9 Å². The Morgan fingerprint density at radius 2 is 1.56 bits per heavy atom. The zero-order chi connectivity index (χ0) is 14.7. The van der Waals surface area contributed by atoms with Crippen LogP contribution in [0.1, 0.15) is 0 Å². The topological polar surface area (TPSA) is 87.4 Å². The van der Waals surface area contributed by atoms with Crippen LogP contribution in [0.15, 0.2) is 11.1 Å².